The minimum absolute atomic E-state index is 0.0984. The number of nitro groups is 1. The van der Waals surface area contributed by atoms with Crippen LogP contribution in [0.4, 0.5) is 5.69 Å². The van der Waals surface area contributed by atoms with Gasteiger partial charge in [0.25, 0.3) is 11.6 Å². The van der Waals surface area contributed by atoms with Gasteiger partial charge in [0.05, 0.1) is 16.6 Å². The van der Waals surface area contributed by atoms with Gasteiger partial charge in [-0.2, -0.15) is 0 Å². The first-order valence-corrected chi connectivity index (χ1v) is 10.1. The second kappa shape index (κ2) is 9.21. The molecule has 1 heterocycles. The number of carbonyl (C=O) groups is 1. The monoisotopic (exact) mass is 413 g/mol. The quantitative estimate of drug-likeness (QED) is 0.522. The molecule has 1 fully saturated rings. The molecule has 0 radical (unpaired) electrons. The summed E-state index contributed by atoms with van der Waals surface area (Å²) in [5.74, 6) is 0.694. The molecule has 0 bridgehead atoms. The third kappa shape index (κ3) is 5.54. The minimum Gasteiger partial charge on any atom is -0.438 e. The summed E-state index contributed by atoms with van der Waals surface area (Å²) in [6.07, 6.45) is 5.30. The van der Waals surface area contributed by atoms with Crippen LogP contribution in [0.5, 0.6) is 11.6 Å². The Morgan fingerprint density at radius 3 is 2.67 bits per heavy atom. The first-order chi connectivity index (χ1) is 14.2. The molecule has 0 saturated heterocycles. The molecule has 1 saturated carbocycles. The molecule has 30 heavy (non-hydrogen) atoms. The van der Waals surface area contributed by atoms with Crippen molar-refractivity contribution in [3.63, 3.8) is 0 Å². The molecule has 8 heteroatoms. The lowest BCUT2D eigenvalue weighted by atomic mass is 9.75. The van der Waals surface area contributed by atoms with Crippen LogP contribution in [-0.4, -0.2) is 33.1 Å². The van der Waals surface area contributed by atoms with Crippen molar-refractivity contribution >= 4 is 11.6 Å². The normalized spacial score (nSPS) is 19.2. The molecule has 1 aromatic carbocycles. The van der Waals surface area contributed by atoms with Gasteiger partial charge in [0.2, 0.25) is 5.88 Å². The van der Waals surface area contributed by atoms with Gasteiger partial charge >= 0.3 is 0 Å². The third-order valence-corrected chi connectivity index (χ3v) is 5.66. The summed E-state index contributed by atoms with van der Waals surface area (Å²) < 4.78 is 5.66. The first kappa shape index (κ1) is 21.7. The highest BCUT2D eigenvalue weighted by atomic mass is 16.6. The Kier molecular flexibility index (Phi) is 6.66. The smallest absolute Gasteiger partial charge is 0.273 e. The SMILES string of the molecule is CC(C)(O)C1CCC(CNC(=O)c2cccnc2Oc2cccc([N+](=O)[O-])c2)CC1. The number of aliphatic hydroxyl groups is 1. The van der Waals surface area contributed by atoms with Crippen molar-refractivity contribution < 1.29 is 19.6 Å². The molecule has 8 nitrogen and oxygen atoms in total. The van der Waals surface area contributed by atoms with Crippen molar-refractivity contribution in [3.8, 4) is 11.6 Å². The fourth-order valence-corrected chi connectivity index (χ4v) is 3.82. The van der Waals surface area contributed by atoms with Gasteiger partial charge in [-0.1, -0.05) is 6.07 Å². The molecule has 3 rings (SSSR count). The number of nitrogens with zero attached hydrogens (tertiary/aromatic N) is 2. The molecule has 2 aromatic rings. The van der Waals surface area contributed by atoms with Gasteiger partial charge in [-0.25, -0.2) is 4.98 Å². The number of hydrogen-bond acceptors (Lipinski definition) is 6. The standard InChI is InChI=1S/C22H27N3O5/c1-22(2,27)16-10-8-15(9-11-16)14-24-20(26)19-7-4-12-23-21(19)30-18-6-3-5-17(13-18)25(28)29/h3-7,12-13,15-16,27H,8-11,14H2,1-2H3,(H,24,26). The number of nitrogens with one attached hydrogen (secondary N) is 1. The van der Waals surface area contributed by atoms with E-state index in [9.17, 15) is 20.0 Å². The molecular weight excluding hydrogens is 386 g/mol. The van der Waals surface area contributed by atoms with E-state index in [-0.39, 0.29) is 34.7 Å². The summed E-state index contributed by atoms with van der Waals surface area (Å²) in [5, 5.41) is 24.1. The van der Waals surface area contributed by atoms with E-state index in [4.69, 9.17) is 4.74 Å². The van der Waals surface area contributed by atoms with Crippen LogP contribution in [0, 0.1) is 22.0 Å². The second-order valence-electron chi connectivity index (χ2n) is 8.29. The molecule has 0 atom stereocenters. The van der Waals surface area contributed by atoms with E-state index in [1.54, 1.807) is 18.2 Å². The van der Waals surface area contributed by atoms with Crippen LogP contribution >= 0.6 is 0 Å². The zero-order valence-corrected chi connectivity index (χ0v) is 17.2. The van der Waals surface area contributed by atoms with Crippen LogP contribution in [0.1, 0.15) is 49.9 Å². The van der Waals surface area contributed by atoms with Gasteiger partial charge in [0.1, 0.15) is 11.3 Å². The molecule has 0 unspecified atom stereocenters. The summed E-state index contributed by atoms with van der Waals surface area (Å²) >= 11 is 0. The molecular formula is C22H27N3O5. The molecule has 1 aliphatic rings. The Labute approximate surface area is 175 Å². The molecule has 1 aliphatic carbocycles. The van der Waals surface area contributed by atoms with E-state index >= 15 is 0 Å². The number of benzene rings is 1. The number of ether oxygens (including phenoxy) is 1. The van der Waals surface area contributed by atoms with Crippen molar-refractivity contribution in [3.05, 3.63) is 58.3 Å². The number of rotatable bonds is 7. The lowest BCUT2D eigenvalue weighted by Crippen LogP contribution is -2.37. The largest absolute Gasteiger partial charge is 0.438 e. The van der Waals surface area contributed by atoms with Crippen LogP contribution in [-0.2, 0) is 0 Å². The predicted octanol–water partition coefficient (Wildman–Crippen LogP) is 4.09. The van der Waals surface area contributed by atoms with Crippen LogP contribution in [0.3, 0.4) is 0 Å². The maximum atomic E-state index is 12.7. The summed E-state index contributed by atoms with van der Waals surface area (Å²) in [6, 6.07) is 9.00. The van der Waals surface area contributed by atoms with Crippen LogP contribution < -0.4 is 10.1 Å². The maximum Gasteiger partial charge on any atom is 0.273 e. The van der Waals surface area contributed by atoms with Crippen LogP contribution in [0.2, 0.25) is 0 Å². The van der Waals surface area contributed by atoms with Gasteiger partial charge in [0.15, 0.2) is 0 Å². The molecule has 160 valence electrons. The lowest BCUT2D eigenvalue weighted by Gasteiger charge is -2.35. The Bertz CT molecular complexity index is 902. The average Bonchev–Trinajstić information content (AvgIpc) is 2.72. The molecule has 0 spiro atoms. The Morgan fingerprint density at radius 1 is 1.27 bits per heavy atom. The topological polar surface area (TPSA) is 115 Å². The Morgan fingerprint density at radius 2 is 2.00 bits per heavy atom. The van der Waals surface area contributed by atoms with E-state index in [1.165, 1.54) is 24.4 Å². The fourth-order valence-electron chi connectivity index (χ4n) is 3.82. The van der Waals surface area contributed by atoms with Crippen molar-refractivity contribution in [2.24, 2.45) is 11.8 Å². The Hall–Kier alpha value is -3.00. The number of non-ortho nitro benzene ring substituents is 1. The highest BCUT2D eigenvalue weighted by Crippen LogP contribution is 2.35. The molecule has 0 aliphatic heterocycles. The molecule has 1 amide bonds. The number of hydrogen-bond donors (Lipinski definition) is 2. The molecule has 1 aromatic heterocycles. The zero-order valence-electron chi connectivity index (χ0n) is 17.2. The van der Waals surface area contributed by atoms with E-state index in [1.807, 2.05) is 13.8 Å². The highest BCUT2D eigenvalue weighted by Gasteiger charge is 2.31. The summed E-state index contributed by atoms with van der Waals surface area (Å²) in [4.78, 5) is 27.3. The van der Waals surface area contributed by atoms with E-state index in [0.717, 1.165) is 25.7 Å². The van der Waals surface area contributed by atoms with Crippen LogP contribution in [0.25, 0.3) is 0 Å². The van der Waals surface area contributed by atoms with E-state index < -0.39 is 10.5 Å². The number of nitro benzene ring substituents is 1. The van der Waals surface area contributed by atoms with Crippen molar-refractivity contribution in [2.45, 2.75) is 45.1 Å². The Balaban J connectivity index is 1.61. The summed E-state index contributed by atoms with van der Waals surface area (Å²) in [7, 11) is 0. The third-order valence-electron chi connectivity index (χ3n) is 5.66. The van der Waals surface area contributed by atoms with Gasteiger partial charge in [-0.15, -0.1) is 0 Å². The number of pyridine rings is 1. The van der Waals surface area contributed by atoms with Gasteiger partial charge in [-0.05, 0) is 69.6 Å². The maximum absolute atomic E-state index is 12.7. The number of aromatic nitrogens is 1. The van der Waals surface area contributed by atoms with Gasteiger partial charge in [-0.3, -0.25) is 14.9 Å². The van der Waals surface area contributed by atoms with Crippen molar-refractivity contribution in [1.29, 1.82) is 0 Å². The van der Waals surface area contributed by atoms with Crippen LogP contribution in [0.15, 0.2) is 42.6 Å². The second-order valence-corrected chi connectivity index (χ2v) is 8.29. The highest BCUT2D eigenvalue weighted by molar-refractivity contribution is 5.96. The van der Waals surface area contributed by atoms with Gasteiger partial charge < -0.3 is 15.2 Å². The lowest BCUT2D eigenvalue weighted by molar-refractivity contribution is -0.384. The summed E-state index contributed by atoms with van der Waals surface area (Å²) in [5.41, 5.74) is -0.492. The number of amides is 1. The molecule has 2 N–H and O–H groups in total. The number of carbonyl (C=O) groups excluding carboxylic acids is 1. The van der Waals surface area contributed by atoms with Gasteiger partial charge in [0, 0.05) is 18.8 Å². The average molecular weight is 413 g/mol. The van der Waals surface area contributed by atoms with Crippen molar-refractivity contribution in [2.75, 3.05) is 6.54 Å². The minimum atomic E-state index is -0.664. The van der Waals surface area contributed by atoms with E-state index in [2.05, 4.69) is 10.3 Å². The summed E-state index contributed by atoms with van der Waals surface area (Å²) in [6.45, 7) is 4.25. The predicted molar refractivity (Wildman–Crippen MR) is 111 cm³/mol. The first-order valence-electron chi connectivity index (χ1n) is 10.1. The zero-order chi connectivity index (χ0) is 21.7. The van der Waals surface area contributed by atoms with Crippen molar-refractivity contribution in [1.82, 2.24) is 10.3 Å². The fraction of sp³-hybridized carbons (Fsp3) is 0.455. The van der Waals surface area contributed by atoms with E-state index in [0.29, 0.717) is 12.5 Å².